The minimum atomic E-state index is -0.148. The quantitative estimate of drug-likeness (QED) is 0.644. The average molecular weight is 468 g/mol. The molecule has 0 bridgehead atoms. The van der Waals surface area contributed by atoms with Crippen molar-refractivity contribution in [1.82, 2.24) is 15.1 Å². The van der Waals surface area contributed by atoms with Crippen LogP contribution in [0.15, 0.2) is 42.5 Å². The Labute approximate surface area is 203 Å². The zero-order valence-electron chi connectivity index (χ0n) is 21.0. The van der Waals surface area contributed by atoms with Gasteiger partial charge >= 0.3 is 0 Å². The average Bonchev–Trinajstić information content (AvgIpc) is 2.83. The van der Waals surface area contributed by atoms with Crippen molar-refractivity contribution in [3.8, 4) is 11.5 Å². The van der Waals surface area contributed by atoms with E-state index in [1.807, 2.05) is 47.4 Å². The number of hydrogen-bond donors (Lipinski definition) is 1. The molecule has 1 saturated heterocycles. The summed E-state index contributed by atoms with van der Waals surface area (Å²) in [6.07, 6.45) is 0.301. The molecule has 2 aromatic carbocycles. The Hall–Kier alpha value is -3.06. The lowest BCUT2D eigenvalue weighted by Crippen LogP contribution is -2.48. The number of hydrogen-bond acceptors (Lipinski definition) is 5. The normalized spacial score (nSPS) is 14.6. The fourth-order valence-electron chi connectivity index (χ4n) is 4.07. The van der Waals surface area contributed by atoms with Gasteiger partial charge in [-0.1, -0.05) is 32.9 Å². The third-order valence-corrected chi connectivity index (χ3v) is 6.24. The summed E-state index contributed by atoms with van der Waals surface area (Å²) in [6.45, 7) is 10.4. The van der Waals surface area contributed by atoms with E-state index in [1.54, 1.807) is 14.2 Å². The molecule has 0 spiro atoms. The molecule has 2 amide bonds. The Kier molecular flexibility index (Phi) is 8.56. The molecule has 1 N–H and O–H groups in total. The summed E-state index contributed by atoms with van der Waals surface area (Å²) in [5, 5.41) is 2.87. The predicted molar refractivity (Wildman–Crippen MR) is 133 cm³/mol. The van der Waals surface area contributed by atoms with Crippen LogP contribution in [0, 0.1) is 0 Å². The van der Waals surface area contributed by atoms with Crippen molar-refractivity contribution in [2.24, 2.45) is 0 Å². The summed E-state index contributed by atoms with van der Waals surface area (Å²) < 4.78 is 10.8. The van der Waals surface area contributed by atoms with Crippen molar-refractivity contribution < 1.29 is 19.1 Å². The summed E-state index contributed by atoms with van der Waals surface area (Å²) >= 11 is 0. The maximum absolute atomic E-state index is 12.6. The number of carbonyl (C=O) groups excluding carboxylic acids is 2. The number of nitrogens with zero attached hydrogens (tertiary/aromatic N) is 2. The minimum Gasteiger partial charge on any atom is -0.497 e. The second-order valence-corrected chi connectivity index (χ2v) is 9.67. The molecule has 3 rings (SSSR count). The lowest BCUT2D eigenvalue weighted by atomic mass is 9.87. The van der Waals surface area contributed by atoms with Gasteiger partial charge in [-0.15, -0.1) is 0 Å². The lowest BCUT2D eigenvalue weighted by Gasteiger charge is -2.35. The van der Waals surface area contributed by atoms with Crippen molar-refractivity contribution >= 4 is 11.8 Å². The number of rotatable bonds is 8. The molecule has 7 heteroatoms. The Morgan fingerprint density at radius 3 is 2.21 bits per heavy atom. The van der Waals surface area contributed by atoms with E-state index in [9.17, 15) is 9.59 Å². The summed E-state index contributed by atoms with van der Waals surface area (Å²) in [7, 11) is 3.32. The van der Waals surface area contributed by atoms with E-state index in [1.165, 1.54) is 5.56 Å². The highest BCUT2D eigenvalue weighted by atomic mass is 16.5. The zero-order chi connectivity index (χ0) is 24.7. The first-order valence-electron chi connectivity index (χ1n) is 11.8. The molecule has 0 radical (unpaired) electrons. The van der Waals surface area contributed by atoms with Crippen molar-refractivity contribution in [2.45, 2.75) is 39.2 Å². The van der Waals surface area contributed by atoms with Crippen LogP contribution in [0.5, 0.6) is 11.5 Å². The molecule has 0 atom stereocenters. The van der Waals surface area contributed by atoms with Crippen LogP contribution in [0.4, 0.5) is 0 Å². The highest BCUT2D eigenvalue weighted by Crippen LogP contribution is 2.26. The number of piperazine rings is 1. The van der Waals surface area contributed by atoms with Crippen molar-refractivity contribution in [3.63, 3.8) is 0 Å². The highest BCUT2D eigenvalue weighted by Gasteiger charge is 2.22. The molecule has 2 aromatic rings. The standard InChI is InChI=1S/C27H37N3O4/c1-27(2,3)22-8-6-20(7-9-22)26(32)28-13-12-25(31)30-16-14-29(15-17-30)19-21-18-23(33-4)10-11-24(21)34-5/h6-11,18H,12-17,19H2,1-5H3,(H,28,32). The monoisotopic (exact) mass is 467 g/mol. The first-order valence-corrected chi connectivity index (χ1v) is 11.8. The molecule has 0 aliphatic carbocycles. The highest BCUT2D eigenvalue weighted by molar-refractivity contribution is 5.94. The third kappa shape index (κ3) is 6.73. The number of amides is 2. The fourth-order valence-corrected chi connectivity index (χ4v) is 4.07. The molecule has 0 aromatic heterocycles. The lowest BCUT2D eigenvalue weighted by molar-refractivity contribution is -0.132. The van der Waals surface area contributed by atoms with Crippen LogP contribution in [0.2, 0.25) is 0 Å². The molecule has 0 unspecified atom stereocenters. The van der Waals surface area contributed by atoms with E-state index in [4.69, 9.17) is 9.47 Å². The van der Waals surface area contributed by atoms with Gasteiger partial charge in [0.05, 0.1) is 14.2 Å². The van der Waals surface area contributed by atoms with Gasteiger partial charge in [0.15, 0.2) is 0 Å². The summed E-state index contributed by atoms with van der Waals surface area (Å²) in [4.78, 5) is 29.2. The number of carbonyl (C=O) groups is 2. The first kappa shape index (κ1) is 25.6. The van der Waals surface area contributed by atoms with E-state index in [0.29, 0.717) is 31.6 Å². The van der Waals surface area contributed by atoms with Gasteiger partial charge in [0.25, 0.3) is 5.91 Å². The Balaban J connectivity index is 1.42. The predicted octanol–water partition coefficient (Wildman–Crippen LogP) is 3.47. The maximum Gasteiger partial charge on any atom is 0.251 e. The molecule has 1 heterocycles. The minimum absolute atomic E-state index is 0.0471. The first-order chi connectivity index (χ1) is 16.2. The number of methoxy groups -OCH3 is 2. The van der Waals surface area contributed by atoms with Gasteiger partial charge in [-0.2, -0.15) is 0 Å². The molecule has 0 saturated carbocycles. The van der Waals surface area contributed by atoms with Crippen LogP contribution in [0.1, 0.15) is 48.7 Å². The van der Waals surface area contributed by atoms with Gasteiger partial charge < -0.3 is 19.7 Å². The van der Waals surface area contributed by atoms with Crippen LogP contribution < -0.4 is 14.8 Å². The van der Waals surface area contributed by atoms with Crippen molar-refractivity contribution in [2.75, 3.05) is 46.9 Å². The van der Waals surface area contributed by atoms with E-state index >= 15 is 0 Å². The van der Waals surface area contributed by atoms with Gasteiger partial charge in [-0.3, -0.25) is 14.5 Å². The van der Waals surface area contributed by atoms with Crippen LogP contribution >= 0.6 is 0 Å². The third-order valence-electron chi connectivity index (χ3n) is 6.24. The Bertz CT molecular complexity index is 974. The van der Waals surface area contributed by atoms with Crippen LogP contribution in [-0.4, -0.2) is 68.6 Å². The molecular formula is C27H37N3O4. The number of nitrogens with one attached hydrogen (secondary N) is 1. The van der Waals surface area contributed by atoms with Gasteiger partial charge in [-0.25, -0.2) is 0 Å². The van der Waals surface area contributed by atoms with Gasteiger partial charge in [0, 0.05) is 56.8 Å². The van der Waals surface area contributed by atoms with Crippen LogP contribution in [0.3, 0.4) is 0 Å². The molecule has 34 heavy (non-hydrogen) atoms. The van der Waals surface area contributed by atoms with Gasteiger partial charge in [0.2, 0.25) is 5.91 Å². The van der Waals surface area contributed by atoms with Gasteiger partial charge in [-0.05, 0) is 41.3 Å². The van der Waals surface area contributed by atoms with Crippen LogP contribution in [0.25, 0.3) is 0 Å². The largest absolute Gasteiger partial charge is 0.497 e. The van der Waals surface area contributed by atoms with Crippen LogP contribution in [-0.2, 0) is 16.8 Å². The molecule has 184 valence electrons. The van der Waals surface area contributed by atoms with E-state index in [-0.39, 0.29) is 17.2 Å². The second kappa shape index (κ2) is 11.4. The molecule has 1 fully saturated rings. The van der Waals surface area contributed by atoms with E-state index in [0.717, 1.165) is 36.7 Å². The number of benzene rings is 2. The van der Waals surface area contributed by atoms with Gasteiger partial charge in [0.1, 0.15) is 11.5 Å². The van der Waals surface area contributed by atoms with E-state index in [2.05, 4.69) is 31.0 Å². The molecule has 1 aliphatic rings. The van der Waals surface area contributed by atoms with Crippen molar-refractivity contribution in [3.05, 3.63) is 59.2 Å². The smallest absolute Gasteiger partial charge is 0.251 e. The second-order valence-electron chi connectivity index (χ2n) is 9.67. The van der Waals surface area contributed by atoms with E-state index < -0.39 is 0 Å². The molecule has 7 nitrogen and oxygen atoms in total. The number of ether oxygens (including phenoxy) is 2. The zero-order valence-corrected chi connectivity index (χ0v) is 21.0. The fraction of sp³-hybridized carbons (Fsp3) is 0.481. The topological polar surface area (TPSA) is 71.1 Å². The summed E-state index contributed by atoms with van der Waals surface area (Å²) in [6, 6.07) is 13.5. The SMILES string of the molecule is COc1ccc(OC)c(CN2CCN(C(=O)CCNC(=O)c3ccc(C(C)(C)C)cc3)CC2)c1. The summed E-state index contributed by atoms with van der Waals surface area (Å²) in [5.41, 5.74) is 2.91. The Morgan fingerprint density at radius 2 is 1.62 bits per heavy atom. The van der Waals surface area contributed by atoms with Crippen molar-refractivity contribution in [1.29, 1.82) is 0 Å². The molecular weight excluding hydrogens is 430 g/mol. The Morgan fingerprint density at radius 1 is 0.941 bits per heavy atom. The molecule has 1 aliphatic heterocycles. The summed E-state index contributed by atoms with van der Waals surface area (Å²) in [5.74, 6) is 1.56. The maximum atomic E-state index is 12.6.